The van der Waals surface area contributed by atoms with Crippen molar-refractivity contribution in [2.75, 3.05) is 16.8 Å². The van der Waals surface area contributed by atoms with E-state index in [0.29, 0.717) is 0 Å². The minimum absolute atomic E-state index is 0.120. The quantitative estimate of drug-likeness (QED) is 0.157. The summed E-state index contributed by atoms with van der Waals surface area (Å²) in [6, 6.07) is 57.7. The van der Waals surface area contributed by atoms with Crippen LogP contribution in [0.25, 0.3) is 32.3 Å². The van der Waals surface area contributed by atoms with Crippen LogP contribution in [-0.4, -0.2) is 13.8 Å². The van der Waals surface area contributed by atoms with Gasteiger partial charge < -0.3 is 9.80 Å². The molecule has 1 aliphatic heterocycles. The minimum atomic E-state index is 0.120. The lowest BCUT2D eigenvalue weighted by atomic mass is 9.36. The molecule has 0 spiro atoms. The van der Waals surface area contributed by atoms with Crippen molar-refractivity contribution >= 4 is 83.9 Å². The average molecular weight is 561 g/mol. The molecule has 8 aromatic carbocycles. The van der Waals surface area contributed by atoms with E-state index in [1.807, 2.05) is 0 Å². The van der Waals surface area contributed by atoms with E-state index in [1.54, 1.807) is 0 Å². The van der Waals surface area contributed by atoms with Gasteiger partial charge in [0.2, 0.25) is 6.71 Å². The van der Waals surface area contributed by atoms with E-state index in [2.05, 4.69) is 175 Å². The van der Waals surface area contributed by atoms with Crippen molar-refractivity contribution in [2.24, 2.45) is 0 Å². The molecule has 0 saturated carbocycles. The third-order valence-corrected chi connectivity index (χ3v) is 9.43. The predicted octanol–water partition coefficient (Wildman–Crippen LogP) is 8.65. The Bertz CT molecular complexity index is 2260. The van der Waals surface area contributed by atoms with Crippen LogP contribution in [-0.2, 0) is 0 Å². The van der Waals surface area contributed by atoms with E-state index in [1.165, 1.54) is 65.8 Å². The molecule has 0 radical (unpaired) electrons. The number of rotatable bonds is 4. The van der Waals surface area contributed by atoms with Gasteiger partial charge in [0.15, 0.2) is 0 Å². The van der Waals surface area contributed by atoms with E-state index in [0.717, 1.165) is 11.4 Å². The molecule has 8 aromatic rings. The standard InChI is InChI=1S/C41H29BN2/c1-43-37-20-12-11-19-34(37)42(30-13-5-2-6-14-30)35-27-29-23-25-36(33-24-21-28-22-26-38(43)41(35)40(28)39(29)33)44(31-15-7-3-8-16-31)32-17-9-4-10-18-32/h2-27H,1H3. The Morgan fingerprint density at radius 1 is 0.477 bits per heavy atom. The van der Waals surface area contributed by atoms with E-state index >= 15 is 0 Å². The highest BCUT2D eigenvalue weighted by Crippen LogP contribution is 2.45. The van der Waals surface area contributed by atoms with Crippen molar-refractivity contribution in [2.45, 2.75) is 0 Å². The molecule has 0 atom stereocenters. The predicted molar refractivity (Wildman–Crippen MR) is 190 cm³/mol. The maximum atomic E-state index is 2.47. The van der Waals surface area contributed by atoms with Crippen molar-refractivity contribution in [3.05, 3.63) is 158 Å². The largest absolute Gasteiger partial charge is 0.345 e. The Balaban J connectivity index is 1.41. The van der Waals surface area contributed by atoms with Crippen molar-refractivity contribution in [3.8, 4) is 0 Å². The topological polar surface area (TPSA) is 6.48 Å². The summed E-state index contributed by atoms with van der Waals surface area (Å²) in [5.74, 6) is 0. The molecule has 44 heavy (non-hydrogen) atoms. The molecular weight excluding hydrogens is 531 g/mol. The molecule has 1 heterocycles. The Labute approximate surface area is 257 Å². The van der Waals surface area contributed by atoms with Gasteiger partial charge in [-0.2, -0.15) is 0 Å². The van der Waals surface area contributed by atoms with Crippen LogP contribution >= 0.6 is 0 Å². The first-order chi connectivity index (χ1) is 21.8. The first-order valence-corrected chi connectivity index (χ1v) is 15.3. The number of anilines is 5. The van der Waals surface area contributed by atoms with Gasteiger partial charge in [0.25, 0.3) is 0 Å². The summed E-state index contributed by atoms with van der Waals surface area (Å²) < 4.78 is 0. The van der Waals surface area contributed by atoms with Gasteiger partial charge in [-0.05, 0) is 69.5 Å². The molecule has 1 aliphatic rings. The Morgan fingerprint density at radius 2 is 1.09 bits per heavy atom. The lowest BCUT2D eigenvalue weighted by Gasteiger charge is -2.28. The number of para-hydroxylation sites is 3. The van der Waals surface area contributed by atoms with Crippen LogP contribution in [0.3, 0.4) is 0 Å². The fourth-order valence-electron chi connectivity index (χ4n) is 7.54. The van der Waals surface area contributed by atoms with Gasteiger partial charge in [0, 0.05) is 40.6 Å². The summed E-state index contributed by atoms with van der Waals surface area (Å²) in [6.45, 7) is 0.120. The zero-order chi connectivity index (χ0) is 29.2. The average Bonchev–Trinajstić information content (AvgIpc) is 3.19. The van der Waals surface area contributed by atoms with Gasteiger partial charge in [0.05, 0.1) is 5.69 Å². The second-order valence-corrected chi connectivity index (χ2v) is 11.8. The second kappa shape index (κ2) is 9.75. The highest BCUT2D eigenvalue weighted by atomic mass is 15.1. The molecule has 0 fully saturated rings. The van der Waals surface area contributed by atoms with E-state index in [9.17, 15) is 0 Å². The van der Waals surface area contributed by atoms with Crippen molar-refractivity contribution < 1.29 is 0 Å². The summed E-state index contributed by atoms with van der Waals surface area (Å²) in [5, 5.41) is 7.82. The SMILES string of the molecule is CN1c2ccccc2B(c2ccccc2)c2cc3ccc(N(c4ccccc4)c4ccccc4)c4ccc5ccc1c2c5c34. The van der Waals surface area contributed by atoms with Gasteiger partial charge >= 0.3 is 0 Å². The van der Waals surface area contributed by atoms with Crippen LogP contribution in [0.15, 0.2) is 158 Å². The van der Waals surface area contributed by atoms with E-state index in [-0.39, 0.29) is 6.71 Å². The highest BCUT2D eigenvalue weighted by molar-refractivity contribution is 6.98. The molecule has 3 heteroatoms. The molecule has 2 nitrogen and oxygen atoms in total. The fraction of sp³-hybridized carbons (Fsp3) is 0.0244. The van der Waals surface area contributed by atoms with Gasteiger partial charge in [-0.25, -0.2) is 0 Å². The van der Waals surface area contributed by atoms with Crippen LogP contribution in [0.4, 0.5) is 28.4 Å². The van der Waals surface area contributed by atoms with Crippen LogP contribution in [0.5, 0.6) is 0 Å². The highest BCUT2D eigenvalue weighted by Gasteiger charge is 2.33. The number of nitrogens with zero attached hydrogens (tertiary/aromatic N) is 2. The number of benzene rings is 8. The number of hydrogen-bond donors (Lipinski definition) is 0. The zero-order valence-electron chi connectivity index (χ0n) is 24.5. The third kappa shape index (κ3) is 3.63. The number of hydrogen-bond acceptors (Lipinski definition) is 2. The molecule has 0 saturated heterocycles. The van der Waals surface area contributed by atoms with Crippen LogP contribution < -0.4 is 26.2 Å². The molecule has 0 aromatic heterocycles. The zero-order valence-corrected chi connectivity index (χ0v) is 24.5. The summed E-state index contributed by atoms with van der Waals surface area (Å²) in [4.78, 5) is 4.79. The Hall–Kier alpha value is -5.54. The maximum absolute atomic E-state index is 2.47. The van der Waals surface area contributed by atoms with Gasteiger partial charge in [-0.3, -0.25) is 0 Å². The normalized spacial score (nSPS) is 12.6. The summed E-state index contributed by atoms with van der Waals surface area (Å²) in [5.41, 5.74) is 10.00. The molecule has 0 N–H and O–H groups in total. The lowest BCUT2D eigenvalue weighted by Crippen LogP contribution is -2.52. The van der Waals surface area contributed by atoms with E-state index in [4.69, 9.17) is 0 Å². The fourth-order valence-corrected chi connectivity index (χ4v) is 7.54. The van der Waals surface area contributed by atoms with E-state index < -0.39 is 0 Å². The molecule has 0 bridgehead atoms. The Morgan fingerprint density at radius 3 is 1.82 bits per heavy atom. The summed E-state index contributed by atoms with van der Waals surface area (Å²) in [7, 11) is 2.22. The number of fused-ring (bicyclic) bond motifs is 1. The summed E-state index contributed by atoms with van der Waals surface area (Å²) in [6.07, 6.45) is 0. The van der Waals surface area contributed by atoms with Crippen molar-refractivity contribution in [1.29, 1.82) is 0 Å². The van der Waals surface area contributed by atoms with Crippen LogP contribution in [0.1, 0.15) is 0 Å². The molecule has 0 aliphatic carbocycles. The molecular formula is C41H29BN2. The Kier molecular flexibility index (Phi) is 5.54. The van der Waals surface area contributed by atoms with Crippen LogP contribution in [0.2, 0.25) is 0 Å². The van der Waals surface area contributed by atoms with Gasteiger partial charge in [-0.15, -0.1) is 0 Å². The molecule has 9 rings (SSSR count). The van der Waals surface area contributed by atoms with Crippen LogP contribution in [0, 0.1) is 0 Å². The van der Waals surface area contributed by atoms with Crippen molar-refractivity contribution in [3.63, 3.8) is 0 Å². The smallest absolute Gasteiger partial charge is 0.244 e. The van der Waals surface area contributed by atoms with Crippen molar-refractivity contribution in [1.82, 2.24) is 0 Å². The monoisotopic (exact) mass is 560 g/mol. The maximum Gasteiger partial charge on any atom is 0.244 e. The third-order valence-electron chi connectivity index (χ3n) is 9.43. The first-order valence-electron chi connectivity index (χ1n) is 15.3. The molecule has 0 unspecified atom stereocenters. The minimum Gasteiger partial charge on any atom is -0.345 e. The van der Waals surface area contributed by atoms with Gasteiger partial charge in [0.1, 0.15) is 0 Å². The molecule has 0 amide bonds. The molecule has 206 valence electrons. The summed E-state index contributed by atoms with van der Waals surface area (Å²) >= 11 is 0. The van der Waals surface area contributed by atoms with Gasteiger partial charge in [-0.1, -0.05) is 126 Å². The second-order valence-electron chi connectivity index (χ2n) is 11.8. The first kappa shape index (κ1) is 25.0. The lowest BCUT2D eigenvalue weighted by molar-refractivity contribution is 1.23.